The molecule has 0 amide bonds. The van der Waals surface area contributed by atoms with Gasteiger partial charge in [0.1, 0.15) is 0 Å². The lowest BCUT2D eigenvalue weighted by molar-refractivity contribution is 0.0816. The molecule has 0 aromatic heterocycles. The van der Waals surface area contributed by atoms with Crippen molar-refractivity contribution < 1.29 is 14.3 Å². The van der Waals surface area contributed by atoms with Gasteiger partial charge in [0.15, 0.2) is 17.3 Å². The second-order valence-electron chi connectivity index (χ2n) is 6.50. The van der Waals surface area contributed by atoms with Gasteiger partial charge in [-0.15, -0.1) is 0 Å². The Morgan fingerprint density at radius 3 is 2.27 bits per heavy atom. The number of rotatable bonds is 9. The van der Waals surface area contributed by atoms with Crippen LogP contribution >= 0.6 is 0 Å². The first kappa shape index (κ1) is 20.0. The minimum absolute atomic E-state index is 0.0417. The molecule has 0 aliphatic rings. The summed E-state index contributed by atoms with van der Waals surface area (Å²) >= 11 is 0. The Hall–Kier alpha value is -2.33. The minimum atomic E-state index is -0.685. The number of benzene rings is 2. The highest BCUT2D eigenvalue weighted by molar-refractivity contribution is 6.04. The van der Waals surface area contributed by atoms with Crippen LogP contribution in [0.1, 0.15) is 48.5 Å². The van der Waals surface area contributed by atoms with Gasteiger partial charge >= 0.3 is 0 Å². The maximum atomic E-state index is 13.5. The molecule has 0 aliphatic carbocycles. The van der Waals surface area contributed by atoms with Crippen LogP contribution in [0.25, 0.3) is 0 Å². The van der Waals surface area contributed by atoms with Crippen LogP contribution in [-0.4, -0.2) is 32.6 Å². The maximum Gasteiger partial charge on any atom is 0.183 e. The molecule has 0 saturated heterocycles. The standard InChI is InChI=1S/C22H29NO3/c1-6-14-22(23-3,21(24)17-10-8-7-9-11-17)16(2)18-12-13-19(25-4)20(15-18)26-5/h7-13,15-16,23H,6,14H2,1-5H3. The molecule has 2 aromatic carbocycles. The summed E-state index contributed by atoms with van der Waals surface area (Å²) in [6, 6.07) is 15.4. The average molecular weight is 355 g/mol. The molecule has 0 spiro atoms. The highest BCUT2D eigenvalue weighted by Gasteiger charge is 2.42. The highest BCUT2D eigenvalue weighted by atomic mass is 16.5. The van der Waals surface area contributed by atoms with Crippen LogP contribution in [0.4, 0.5) is 0 Å². The van der Waals surface area contributed by atoms with Gasteiger partial charge in [-0.1, -0.05) is 56.7 Å². The summed E-state index contributed by atoms with van der Waals surface area (Å²) in [6.45, 7) is 4.19. The van der Waals surface area contributed by atoms with E-state index in [1.807, 2.05) is 55.6 Å². The van der Waals surface area contributed by atoms with Crippen LogP contribution in [-0.2, 0) is 0 Å². The van der Waals surface area contributed by atoms with Crippen molar-refractivity contribution in [2.45, 2.75) is 38.1 Å². The van der Waals surface area contributed by atoms with Crippen LogP contribution in [0.3, 0.4) is 0 Å². The number of hydrogen-bond acceptors (Lipinski definition) is 4. The number of carbonyl (C=O) groups is 1. The van der Waals surface area contributed by atoms with Crippen molar-refractivity contribution in [3.05, 3.63) is 59.7 Å². The lowest BCUT2D eigenvalue weighted by Gasteiger charge is -2.38. The Kier molecular flexibility index (Phi) is 6.81. The van der Waals surface area contributed by atoms with E-state index in [4.69, 9.17) is 9.47 Å². The number of likely N-dealkylation sites (N-methyl/N-ethyl adjacent to an activating group) is 1. The zero-order chi connectivity index (χ0) is 19.2. The molecule has 140 valence electrons. The number of ketones is 1. The quantitative estimate of drug-likeness (QED) is 0.675. The van der Waals surface area contributed by atoms with E-state index in [-0.39, 0.29) is 11.7 Å². The summed E-state index contributed by atoms with van der Waals surface area (Å²) in [5.41, 5.74) is 1.08. The fourth-order valence-electron chi connectivity index (χ4n) is 3.63. The smallest absolute Gasteiger partial charge is 0.183 e. The molecule has 2 unspecified atom stereocenters. The number of carbonyl (C=O) groups excluding carboxylic acids is 1. The summed E-state index contributed by atoms with van der Waals surface area (Å²) in [5, 5.41) is 3.36. The molecule has 0 fully saturated rings. The largest absolute Gasteiger partial charge is 0.493 e. The fraction of sp³-hybridized carbons (Fsp3) is 0.409. The van der Waals surface area contributed by atoms with Crippen molar-refractivity contribution in [1.29, 1.82) is 0 Å². The Morgan fingerprint density at radius 2 is 1.73 bits per heavy atom. The fourth-order valence-corrected chi connectivity index (χ4v) is 3.63. The number of hydrogen-bond donors (Lipinski definition) is 1. The summed E-state index contributed by atoms with van der Waals surface area (Å²) in [4.78, 5) is 13.5. The zero-order valence-corrected chi connectivity index (χ0v) is 16.3. The van der Waals surface area contributed by atoms with Crippen LogP contribution in [0.2, 0.25) is 0 Å². The topological polar surface area (TPSA) is 47.6 Å². The summed E-state index contributed by atoms with van der Waals surface area (Å²) < 4.78 is 10.8. The van der Waals surface area contributed by atoms with Gasteiger partial charge in [0, 0.05) is 11.5 Å². The molecule has 2 rings (SSSR count). The molecule has 0 aliphatic heterocycles. The number of nitrogens with one attached hydrogen (secondary N) is 1. The Balaban J connectivity index is 2.50. The first-order valence-corrected chi connectivity index (χ1v) is 9.04. The second kappa shape index (κ2) is 8.86. The molecular formula is C22H29NO3. The third kappa shape index (κ3) is 3.75. The number of ether oxygens (including phenoxy) is 2. The molecule has 0 saturated carbocycles. The van der Waals surface area contributed by atoms with Crippen molar-refractivity contribution in [2.24, 2.45) is 0 Å². The lowest BCUT2D eigenvalue weighted by atomic mass is 9.72. The molecule has 4 heteroatoms. The third-order valence-electron chi connectivity index (χ3n) is 5.18. The van der Waals surface area contributed by atoms with E-state index in [9.17, 15) is 4.79 Å². The summed E-state index contributed by atoms with van der Waals surface area (Å²) in [7, 11) is 5.11. The zero-order valence-electron chi connectivity index (χ0n) is 16.3. The van der Waals surface area contributed by atoms with Gasteiger partial charge in [0.05, 0.1) is 19.8 Å². The van der Waals surface area contributed by atoms with Crippen LogP contribution < -0.4 is 14.8 Å². The number of Topliss-reactive ketones (excluding diaryl/α,β-unsaturated/α-hetero) is 1. The Labute approximate surface area is 156 Å². The van der Waals surface area contributed by atoms with Gasteiger partial charge in [0.2, 0.25) is 0 Å². The van der Waals surface area contributed by atoms with Gasteiger partial charge in [-0.25, -0.2) is 0 Å². The van der Waals surface area contributed by atoms with Crippen molar-refractivity contribution >= 4 is 5.78 Å². The van der Waals surface area contributed by atoms with E-state index in [0.29, 0.717) is 11.5 Å². The summed E-state index contributed by atoms with van der Waals surface area (Å²) in [5.74, 6) is 1.43. The van der Waals surface area contributed by atoms with Gasteiger partial charge in [-0.3, -0.25) is 4.79 Å². The predicted octanol–water partition coefficient (Wildman–Crippen LogP) is 4.45. The molecule has 0 bridgehead atoms. The van der Waals surface area contributed by atoms with E-state index in [0.717, 1.165) is 24.0 Å². The van der Waals surface area contributed by atoms with Crippen molar-refractivity contribution in [1.82, 2.24) is 5.32 Å². The van der Waals surface area contributed by atoms with Crippen molar-refractivity contribution in [3.8, 4) is 11.5 Å². The lowest BCUT2D eigenvalue weighted by Crippen LogP contribution is -2.54. The third-order valence-corrected chi connectivity index (χ3v) is 5.18. The van der Waals surface area contributed by atoms with Crippen LogP contribution in [0, 0.1) is 0 Å². The first-order chi connectivity index (χ1) is 12.5. The van der Waals surface area contributed by atoms with Gasteiger partial charge in [-0.2, -0.15) is 0 Å². The molecule has 2 aromatic rings. The second-order valence-corrected chi connectivity index (χ2v) is 6.50. The number of methoxy groups -OCH3 is 2. The van der Waals surface area contributed by atoms with E-state index in [1.54, 1.807) is 14.2 Å². The van der Waals surface area contributed by atoms with E-state index in [2.05, 4.69) is 19.2 Å². The predicted molar refractivity (Wildman–Crippen MR) is 105 cm³/mol. The van der Waals surface area contributed by atoms with E-state index in [1.165, 1.54) is 0 Å². The molecule has 0 radical (unpaired) electrons. The average Bonchev–Trinajstić information content (AvgIpc) is 2.71. The monoisotopic (exact) mass is 355 g/mol. The van der Waals surface area contributed by atoms with Crippen LogP contribution in [0.15, 0.2) is 48.5 Å². The molecule has 26 heavy (non-hydrogen) atoms. The van der Waals surface area contributed by atoms with Gasteiger partial charge in [0.25, 0.3) is 0 Å². The molecule has 4 nitrogen and oxygen atoms in total. The van der Waals surface area contributed by atoms with Crippen LogP contribution in [0.5, 0.6) is 11.5 Å². The SMILES string of the molecule is CCCC(NC)(C(=O)c1ccccc1)C(C)c1ccc(OC)c(OC)c1. The minimum Gasteiger partial charge on any atom is -0.493 e. The van der Waals surface area contributed by atoms with Gasteiger partial charge in [-0.05, 0) is 31.2 Å². The maximum absolute atomic E-state index is 13.5. The van der Waals surface area contributed by atoms with E-state index < -0.39 is 5.54 Å². The highest BCUT2D eigenvalue weighted by Crippen LogP contribution is 2.38. The Bertz CT molecular complexity index is 729. The van der Waals surface area contributed by atoms with Crippen molar-refractivity contribution in [2.75, 3.05) is 21.3 Å². The Morgan fingerprint density at radius 1 is 1.08 bits per heavy atom. The first-order valence-electron chi connectivity index (χ1n) is 9.04. The molecular weight excluding hydrogens is 326 g/mol. The normalized spacial score (nSPS) is 14.3. The van der Waals surface area contributed by atoms with E-state index >= 15 is 0 Å². The van der Waals surface area contributed by atoms with Crippen molar-refractivity contribution in [3.63, 3.8) is 0 Å². The van der Waals surface area contributed by atoms with Gasteiger partial charge < -0.3 is 14.8 Å². The molecule has 0 heterocycles. The molecule has 1 N–H and O–H groups in total. The summed E-state index contributed by atoms with van der Waals surface area (Å²) in [6.07, 6.45) is 1.64. The molecule has 2 atom stereocenters.